The number of carbonyl (C=O) groups is 1. The summed E-state index contributed by atoms with van der Waals surface area (Å²) in [6.45, 7) is 3.71. The van der Waals surface area contributed by atoms with Crippen LogP contribution in [0, 0.1) is 0 Å². The molecule has 0 aliphatic rings. The number of anilines is 1. The first kappa shape index (κ1) is 15.1. The lowest BCUT2D eigenvalue weighted by Gasteiger charge is -2.20. The molecule has 0 saturated heterocycles. The van der Waals surface area contributed by atoms with Gasteiger partial charge in [0.25, 0.3) is 0 Å². The van der Waals surface area contributed by atoms with E-state index in [1.807, 2.05) is 48.2 Å². The van der Waals surface area contributed by atoms with E-state index < -0.39 is 0 Å². The zero-order valence-corrected chi connectivity index (χ0v) is 13.7. The summed E-state index contributed by atoms with van der Waals surface area (Å²) >= 11 is 5.11. The molecule has 0 atom stereocenters. The molecule has 20 heavy (non-hydrogen) atoms. The van der Waals surface area contributed by atoms with Crippen molar-refractivity contribution in [2.45, 2.75) is 13.5 Å². The van der Waals surface area contributed by atoms with E-state index in [2.05, 4.69) is 27.3 Å². The largest absolute Gasteiger partial charge is 0.376 e. The number of hydrogen-bond donors (Lipinski definition) is 1. The standard InChI is InChI=1S/C15H17BrN2OS/c1-2-18(11-13-8-9-14(16)20-13)15(19)10-17-12-6-4-3-5-7-12/h3-9,17H,2,10-11H2,1H3. The van der Waals surface area contributed by atoms with Gasteiger partial charge < -0.3 is 10.2 Å². The second-order valence-corrected chi connectivity index (χ2v) is 6.88. The minimum absolute atomic E-state index is 0.112. The van der Waals surface area contributed by atoms with Crippen molar-refractivity contribution in [1.82, 2.24) is 4.90 Å². The quantitative estimate of drug-likeness (QED) is 0.852. The summed E-state index contributed by atoms with van der Waals surface area (Å²) in [6, 6.07) is 13.8. The van der Waals surface area contributed by atoms with Crippen molar-refractivity contribution >= 4 is 38.9 Å². The van der Waals surface area contributed by atoms with Gasteiger partial charge >= 0.3 is 0 Å². The number of thiophene rings is 1. The Morgan fingerprint density at radius 2 is 2.00 bits per heavy atom. The van der Waals surface area contributed by atoms with Crippen molar-refractivity contribution < 1.29 is 4.79 Å². The first-order chi connectivity index (χ1) is 9.69. The Labute approximate surface area is 131 Å². The molecule has 0 unspecified atom stereocenters. The van der Waals surface area contributed by atoms with Crippen molar-refractivity contribution in [1.29, 1.82) is 0 Å². The van der Waals surface area contributed by atoms with Gasteiger partial charge in [-0.25, -0.2) is 0 Å². The van der Waals surface area contributed by atoms with Gasteiger partial charge in [-0.3, -0.25) is 4.79 Å². The molecule has 1 heterocycles. The number of hydrogen-bond acceptors (Lipinski definition) is 3. The lowest BCUT2D eigenvalue weighted by atomic mass is 10.3. The van der Waals surface area contributed by atoms with Gasteiger partial charge in [0, 0.05) is 17.1 Å². The van der Waals surface area contributed by atoms with Gasteiger partial charge in [0.1, 0.15) is 0 Å². The van der Waals surface area contributed by atoms with E-state index in [1.54, 1.807) is 11.3 Å². The summed E-state index contributed by atoms with van der Waals surface area (Å²) < 4.78 is 1.10. The number of likely N-dealkylation sites (N-methyl/N-ethyl adjacent to an activating group) is 1. The number of para-hydroxylation sites is 1. The van der Waals surface area contributed by atoms with Crippen LogP contribution in [0.2, 0.25) is 0 Å². The Kier molecular flexibility index (Phi) is 5.61. The molecule has 0 saturated carbocycles. The van der Waals surface area contributed by atoms with Crippen LogP contribution in [0.5, 0.6) is 0 Å². The van der Waals surface area contributed by atoms with E-state index >= 15 is 0 Å². The van der Waals surface area contributed by atoms with Crippen LogP contribution in [0.1, 0.15) is 11.8 Å². The molecule has 0 bridgehead atoms. The van der Waals surface area contributed by atoms with Crippen LogP contribution in [0.3, 0.4) is 0 Å². The highest BCUT2D eigenvalue weighted by Gasteiger charge is 2.12. The first-order valence-corrected chi connectivity index (χ1v) is 8.11. The van der Waals surface area contributed by atoms with E-state index in [1.165, 1.54) is 4.88 Å². The molecule has 106 valence electrons. The highest BCUT2D eigenvalue weighted by atomic mass is 79.9. The monoisotopic (exact) mass is 352 g/mol. The van der Waals surface area contributed by atoms with Crippen LogP contribution in [0.25, 0.3) is 0 Å². The second-order valence-electron chi connectivity index (χ2n) is 4.33. The predicted octanol–water partition coefficient (Wildman–Crippen LogP) is 3.97. The minimum Gasteiger partial charge on any atom is -0.376 e. The van der Waals surface area contributed by atoms with E-state index in [-0.39, 0.29) is 5.91 Å². The number of benzene rings is 1. The number of amides is 1. The molecule has 0 fully saturated rings. The highest BCUT2D eigenvalue weighted by Crippen LogP contribution is 2.23. The highest BCUT2D eigenvalue weighted by molar-refractivity contribution is 9.11. The summed E-state index contributed by atoms with van der Waals surface area (Å²) in [7, 11) is 0. The van der Waals surface area contributed by atoms with Crippen molar-refractivity contribution in [3.8, 4) is 0 Å². The molecule has 2 rings (SSSR count). The summed E-state index contributed by atoms with van der Waals surface area (Å²) in [4.78, 5) is 15.3. The third-order valence-electron chi connectivity index (χ3n) is 2.93. The Morgan fingerprint density at radius 1 is 1.25 bits per heavy atom. The predicted molar refractivity (Wildman–Crippen MR) is 88.0 cm³/mol. The van der Waals surface area contributed by atoms with Crippen LogP contribution >= 0.6 is 27.3 Å². The van der Waals surface area contributed by atoms with Gasteiger partial charge in [0.05, 0.1) is 16.9 Å². The van der Waals surface area contributed by atoms with Crippen LogP contribution in [-0.4, -0.2) is 23.9 Å². The lowest BCUT2D eigenvalue weighted by molar-refractivity contribution is -0.129. The fourth-order valence-electron chi connectivity index (χ4n) is 1.85. The van der Waals surface area contributed by atoms with E-state index in [0.29, 0.717) is 19.6 Å². The maximum atomic E-state index is 12.2. The molecule has 0 radical (unpaired) electrons. The Morgan fingerprint density at radius 3 is 2.60 bits per heavy atom. The zero-order valence-electron chi connectivity index (χ0n) is 11.3. The topological polar surface area (TPSA) is 32.3 Å². The van der Waals surface area contributed by atoms with Gasteiger partial charge in [-0.15, -0.1) is 11.3 Å². The molecule has 1 aromatic carbocycles. The first-order valence-electron chi connectivity index (χ1n) is 6.50. The number of nitrogens with zero attached hydrogens (tertiary/aromatic N) is 1. The zero-order chi connectivity index (χ0) is 14.4. The van der Waals surface area contributed by atoms with Gasteiger partial charge in [0.2, 0.25) is 5.91 Å². The van der Waals surface area contributed by atoms with Crippen LogP contribution < -0.4 is 5.32 Å². The van der Waals surface area contributed by atoms with Crippen LogP contribution in [0.15, 0.2) is 46.3 Å². The lowest BCUT2D eigenvalue weighted by Crippen LogP contribution is -2.34. The Bertz CT molecular complexity index is 556. The van der Waals surface area contributed by atoms with Crippen molar-refractivity contribution in [2.75, 3.05) is 18.4 Å². The average molecular weight is 353 g/mol. The third kappa shape index (κ3) is 4.35. The van der Waals surface area contributed by atoms with E-state index in [0.717, 1.165) is 9.47 Å². The number of halogens is 1. The normalized spacial score (nSPS) is 10.3. The fourth-order valence-corrected chi connectivity index (χ4v) is 3.35. The SMILES string of the molecule is CCN(Cc1ccc(Br)s1)C(=O)CNc1ccccc1. The number of rotatable bonds is 6. The third-order valence-corrected chi connectivity index (χ3v) is 4.54. The molecular weight excluding hydrogens is 336 g/mol. The molecule has 0 spiro atoms. The van der Waals surface area contributed by atoms with Crippen molar-refractivity contribution in [3.63, 3.8) is 0 Å². The molecule has 2 aromatic rings. The molecule has 0 aliphatic carbocycles. The van der Waals surface area contributed by atoms with E-state index in [9.17, 15) is 4.79 Å². The van der Waals surface area contributed by atoms with Crippen molar-refractivity contribution in [3.05, 3.63) is 51.1 Å². The van der Waals surface area contributed by atoms with Crippen LogP contribution in [-0.2, 0) is 11.3 Å². The minimum atomic E-state index is 0.112. The maximum absolute atomic E-state index is 12.2. The molecule has 1 N–H and O–H groups in total. The molecule has 1 aromatic heterocycles. The van der Waals surface area contributed by atoms with E-state index in [4.69, 9.17) is 0 Å². The average Bonchev–Trinajstić information content (AvgIpc) is 2.88. The van der Waals surface area contributed by atoms with Crippen LogP contribution in [0.4, 0.5) is 5.69 Å². The van der Waals surface area contributed by atoms with Crippen molar-refractivity contribution in [2.24, 2.45) is 0 Å². The van der Waals surface area contributed by atoms with Gasteiger partial charge in [-0.1, -0.05) is 18.2 Å². The molecule has 0 aliphatic heterocycles. The Balaban J connectivity index is 1.89. The smallest absolute Gasteiger partial charge is 0.242 e. The Hall–Kier alpha value is -1.33. The summed E-state index contributed by atoms with van der Waals surface area (Å²) in [5.41, 5.74) is 0.968. The van der Waals surface area contributed by atoms with Gasteiger partial charge in [-0.05, 0) is 47.1 Å². The fraction of sp³-hybridized carbons (Fsp3) is 0.267. The summed E-state index contributed by atoms with van der Waals surface area (Å²) in [6.07, 6.45) is 0. The summed E-state index contributed by atoms with van der Waals surface area (Å²) in [5.74, 6) is 0.112. The molecular formula is C15H17BrN2OS. The molecule has 1 amide bonds. The number of nitrogens with one attached hydrogen (secondary N) is 1. The van der Waals surface area contributed by atoms with Gasteiger partial charge in [-0.2, -0.15) is 0 Å². The molecule has 5 heteroatoms. The molecule has 3 nitrogen and oxygen atoms in total. The number of carbonyl (C=O) groups excluding carboxylic acids is 1. The van der Waals surface area contributed by atoms with Gasteiger partial charge in [0.15, 0.2) is 0 Å². The summed E-state index contributed by atoms with van der Waals surface area (Å²) in [5, 5.41) is 3.15. The second kappa shape index (κ2) is 7.45. The maximum Gasteiger partial charge on any atom is 0.242 e.